The molecule has 6 nitrogen and oxygen atoms in total. The van der Waals surface area contributed by atoms with Gasteiger partial charge < -0.3 is 10.6 Å². The third-order valence-electron chi connectivity index (χ3n) is 3.63. The van der Waals surface area contributed by atoms with E-state index in [9.17, 15) is 4.79 Å². The van der Waals surface area contributed by atoms with Gasteiger partial charge in [-0.1, -0.05) is 5.21 Å². The van der Waals surface area contributed by atoms with Crippen LogP contribution in [0.4, 0.5) is 5.69 Å². The van der Waals surface area contributed by atoms with Gasteiger partial charge in [-0.15, -0.1) is 5.10 Å². The Balaban J connectivity index is 1.51. The van der Waals surface area contributed by atoms with E-state index in [0.29, 0.717) is 6.54 Å². The first-order chi connectivity index (χ1) is 10.3. The van der Waals surface area contributed by atoms with Crippen molar-refractivity contribution >= 4 is 11.6 Å². The number of aryl methyl sites for hydroxylation is 2. The Morgan fingerprint density at radius 1 is 1.43 bits per heavy atom. The first-order valence-corrected chi connectivity index (χ1v) is 7.32. The van der Waals surface area contributed by atoms with Gasteiger partial charge in [-0.05, 0) is 43.0 Å². The fourth-order valence-corrected chi connectivity index (χ4v) is 2.51. The highest BCUT2D eigenvalue weighted by Gasteiger charge is 2.12. The lowest BCUT2D eigenvalue weighted by Crippen LogP contribution is -2.25. The smallest absolute Gasteiger partial charge is 0.251 e. The predicted molar refractivity (Wildman–Crippen MR) is 80.2 cm³/mol. The Labute approximate surface area is 123 Å². The van der Waals surface area contributed by atoms with E-state index in [1.54, 1.807) is 10.9 Å². The number of hydrogen-bond donors (Lipinski definition) is 2. The van der Waals surface area contributed by atoms with Gasteiger partial charge in [0.25, 0.3) is 5.91 Å². The number of aromatic nitrogens is 3. The van der Waals surface area contributed by atoms with Gasteiger partial charge in [-0.3, -0.25) is 9.48 Å². The second-order valence-corrected chi connectivity index (χ2v) is 5.18. The van der Waals surface area contributed by atoms with E-state index >= 15 is 0 Å². The molecular weight excluding hydrogens is 266 g/mol. The Morgan fingerprint density at radius 3 is 3.24 bits per heavy atom. The van der Waals surface area contributed by atoms with Crippen molar-refractivity contribution in [1.82, 2.24) is 20.3 Å². The summed E-state index contributed by atoms with van der Waals surface area (Å²) in [5.74, 6) is -0.0121. The van der Waals surface area contributed by atoms with E-state index in [0.717, 1.165) is 43.6 Å². The molecule has 0 unspecified atom stereocenters. The molecule has 0 aliphatic carbocycles. The molecule has 1 aromatic carbocycles. The number of nitrogens with zero attached hydrogens (tertiary/aromatic N) is 3. The van der Waals surface area contributed by atoms with Gasteiger partial charge in [0.15, 0.2) is 0 Å². The van der Waals surface area contributed by atoms with Gasteiger partial charge in [0.05, 0.1) is 6.20 Å². The van der Waals surface area contributed by atoms with E-state index in [4.69, 9.17) is 0 Å². The normalized spacial score (nSPS) is 13.3. The Morgan fingerprint density at radius 2 is 2.38 bits per heavy atom. The quantitative estimate of drug-likeness (QED) is 0.816. The first-order valence-electron chi connectivity index (χ1n) is 7.32. The highest BCUT2D eigenvalue weighted by atomic mass is 16.1. The molecule has 0 fully saturated rings. The van der Waals surface area contributed by atoms with Gasteiger partial charge >= 0.3 is 0 Å². The molecule has 3 rings (SSSR count). The minimum absolute atomic E-state index is 0.0121. The molecule has 0 radical (unpaired) electrons. The number of carbonyl (C=O) groups excluding carboxylic acids is 1. The van der Waals surface area contributed by atoms with Crippen LogP contribution in [0.25, 0.3) is 0 Å². The zero-order valence-corrected chi connectivity index (χ0v) is 11.9. The van der Waals surface area contributed by atoms with Crippen LogP contribution >= 0.6 is 0 Å². The van der Waals surface area contributed by atoms with Crippen molar-refractivity contribution in [3.05, 3.63) is 41.7 Å². The lowest BCUT2D eigenvalue weighted by molar-refractivity contribution is 0.0952. The molecule has 2 aromatic rings. The summed E-state index contributed by atoms with van der Waals surface area (Å²) in [6.07, 6.45) is 6.46. The van der Waals surface area contributed by atoms with E-state index in [1.165, 1.54) is 5.56 Å². The van der Waals surface area contributed by atoms with Crippen LogP contribution in [0.1, 0.15) is 28.8 Å². The number of rotatable bonds is 5. The maximum atomic E-state index is 12.1. The van der Waals surface area contributed by atoms with Gasteiger partial charge in [-0.2, -0.15) is 0 Å². The third-order valence-corrected chi connectivity index (χ3v) is 3.63. The van der Waals surface area contributed by atoms with E-state index in [1.807, 2.05) is 24.4 Å². The molecule has 1 aliphatic rings. The number of benzene rings is 1. The van der Waals surface area contributed by atoms with Crippen molar-refractivity contribution in [2.24, 2.45) is 0 Å². The van der Waals surface area contributed by atoms with Crippen LogP contribution in [0, 0.1) is 0 Å². The molecule has 1 aromatic heterocycles. The molecular formula is C15H19N5O. The summed E-state index contributed by atoms with van der Waals surface area (Å²) in [6.45, 7) is 2.41. The predicted octanol–water partition coefficient (Wildman–Crippen LogP) is 1.46. The van der Waals surface area contributed by atoms with E-state index in [-0.39, 0.29) is 5.91 Å². The second-order valence-electron chi connectivity index (χ2n) is 5.18. The molecule has 0 atom stereocenters. The first kappa shape index (κ1) is 13.6. The summed E-state index contributed by atoms with van der Waals surface area (Å²) >= 11 is 0. The zero-order chi connectivity index (χ0) is 14.5. The molecule has 0 spiro atoms. The lowest BCUT2D eigenvalue weighted by atomic mass is 10.0. The highest BCUT2D eigenvalue weighted by Crippen LogP contribution is 2.22. The summed E-state index contributed by atoms with van der Waals surface area (Å²) in [4.78, 5) is 12.1. The molecule has 0 saturated heterocycles. The molecule has 2 N–H and O–H groups in total. The van der Waals surface area contributed by atoms with E-state index in [2.05, 4.69) is 20.9 Å². The van der Waals surface area contributed by atoms with Crippen molar-refractivity contribution in [3.8, 4) is 0 Å². The molecule has 21 heavy (non-hydrogen) atoms. The molecule has 110 valence electrons. The van der Waals surface area contributed by atoms with Crippen LogP contribution in [0.3, 0.4) is 0 Å². The number of carbonyl (C=O) groups is 1. The molecule has 1 aliphatic heterocycles. The summed E-state index contributed by atoms with van der Waals surface area (Å²) in [7, 11) is 0. The monoisotopic (exact) mass is 285 g/mol. The van der Waals surface area contributed by atoms with Gasteiger partial charge in [0, 0.05) is 37.1 Å². The highest BCUT2D eigenvalue weighted by molar-refractivity contribution is 5.94. The minimum Gasteiger partial charge on any atom is -0.385 e. The van der Waals surface area contributed by atoms with Crippen molar-refractivity contribution in [2.75, 3.05) is 18.4 Å². The van der Waals surface area contributed by atoms with Gasteiger partial charge in [0.1, 0.15) is 0 Å². The van der Waals surface area contributed by atoms with Gasteiger partial charge in [0.2, 0.25) is 0 Å². The molecule has 6 heteroatoms. The number of nitrogens with one attached hydrogen (secondary N) is 2. The van der Waals surface area contributed by atoms with Crippen molar-refractivity contribution in [1.29, 1.82) is 0 Å². The average Bonchev–Trinajstić information content (AvgIpc) is 3.04. The number of fused-ring (bicyclic) bond motifs is 1. The third kappa shape index (κ3) is 3.39. The average molecular weight is 285 g/mol. The van der Waals surface area contributed by atoms with Crippen molar-refractivity contribution in [3.63, 3.8) is 0 Å². The minimum atomic E-state index is -0.0121. The summed E-state index contributed by atoms with van der Waals surface area (Å²) in [6, 6.07) is 5.87. The summed E-state index contributed by atoms with van der Waals surface area (Å²) in [5.41, 5.74) is 3.12. The number of anilines is 1. The molecule has 0 bridgehead atoms. The zero-order valence-electron chi connectivity index (χ0n) is 11.9. The Kier molecular flexibility index (Phi) is 4.14. The topological polar surface area (TPSA) is 71.8 Å². The molecule has 2 heterocycles. The Hall–Kier alpha value is -2.37. The lowest BCUT2D eigenvalue weighted by Gasteiger charge is -2.18. The van der Waals surface area contributed by atoms with E-state index < -0.39 is 0 Å². The van der Waals surface area contributed by atoms with Gasteiger partial charge in [-0.25, -0.2) is 0 Å². The fourth-order valence-electron chi connectivity index (χ4n) is 2.51. The van der Waals surface area contributed by atoms with Crippen LogP contribution < -0.4 is 10.6 Å². The standard InChI is InChI=1S/C15H19N5O/c21-15(17-7-2-9-20-10-8-18-19-20)13-4-5-14-12(11-13)3-1-6-16-14/h4-5,8,10-11,16H,1-3,6-7,9H2,(H,17,21). The van der Waals surface area contributed by atoms with Crippen LogP contribution in [-0.2, 0) is 13.0 Å². The van der Waals surface area contributed by atoms with Crippen molar-refractivity contribution < 1.29 is 4.79 Å². The Bertz CT molecular complexity index is 609. The maximum Gasteiger partial charge on any atom is 0.251 e. The van der Waals surface area contributed by atoms with Crippen LogP contribution in [-0.4, -0.2) is 34.0 Å². The van der Waals surface area contributed by atoms with Crippen molar-refractivity contribution in [2.45, 2.75) is 25.8 Å². The molecule has 1 amide bonds. The van der Waals surface area contributed by atoms with Crippen LogP contribution in [0.2, 0.25) is 0 Å². The second kappa shape index (κ2) is 6.39. The summed E-state index contributed by atoms with van der Waals surface area (Å²) in [5, 5.41) is 13.9. The number of hydrogen-bond acceptors (Lipinski definition) is 4. The largest absolute Gasteiger partial charge is 0.385 e. The molecule has 0 saturated carbocycles. The fraction of sp³-hybridized carbons (Fsp3) is 0.400. The number of amides is 1. The summed E-state index contributed by atoms with van der Waals surface area (Å²) < 4.78 is 1.76. The maximum absolute atomic E-state index is 12.1. The van der Waals surface area contributed by atoms with Crippen LogP contribution in [0.15, 0.2) is 30.6 Å². The SMILES string of the molecule is O=C(NCCCn1ccnn1)c1ccc2c(c1)CCCN2. The van der Waals surface area contributed by atoms with Crippen LogP contribution in [0.5, 0.6) is 0 Å².